The van der Waals surface area contributed by atoms with E-state index < -0.39 is 0 Å². The molecule has 0 saturated carbocycles. The molecule has 0 bridgehead atoms. The highest BCUT2D eigenvalue weighted by Gasteiger charge is 2.13. The fourth-order valence-corrected chi connectivity index (χ4v) is 3.69. The van der Waals surface area contributed by atoms with E-state index >= 15 is 0 Å². The second-order valence-electron chi connectivity index (χ2n) is 7.85. The van der Waals surface area contributed by atoms with Crippen molar-refractivity contribution >= 4 is 11.8 Å². The van der Waals surface area contributed by atoms with E-state index in [1.165, 1.54) is 24.8 Å². The Morgan fingerprint density at radius 1 is 1.15 bits per heavy atom. The molecule has 6 nitrogen and oxygen atoms in total. The minimum Gasteiger partial charge on any atom is -0.357 e. The first-order valence-electron chi connectivity index (χ1n) is 10.4. The van der Waals surface area contributed by atoms with Gasteiger partial charge in [0.1, 0.15) is 5.82 Å². The molecule has 27 heavy (non-hydrogen) atoms. The Balaban J connectivity index is 1.81. The lowest BCUT2D eigenvalue weighted by atomic mass is 10.1. The minimum atomic E-state index is 0.548. The van der Waals surface area contributed by atoms with Gasteiger partial charge in [-0.25, -0.2) is 4.98 Å². The summed E-state index contributed by atoms with van der Waals surface area (Å²) in [5.41, 5.74) is 1.24. The lowest BCUT2D eigenvalue weighted by Gasteiger charge is -2.30. The van der Waals surface area contributed by atoms with Crippen molar-refractivity contribution in [3.05, 3.63) is 23.9 Å². The zero-order valence-corrected chi connectivity index (χ0v) is 17.8. The molecule has 1 aromatic heterocycles. The van der Waals surface area contributed by atoms with Crippen molar-refractivity contribution in [1.82, 2.24) is 20.5 Å². The van der Waals surface area contributed by atoms with Crippen molar-refractivity contribution in [3.63, 3.8) is 0 Å². The van der Waals surface area contributed by atoms with E-state index in [-0.39, 0.29) is 0 Å². The third-order valence-electron chi connectivity index (χ3n) is 5.16. The number of guanidine groups is 1. The van der Waals surface area contributed by atoms with Crippen LogP contribution in [-0.2, 0) is 6.54 Å². The van der Waals surface area contributed by atoms with Crippen molar-refractivity contribution in [2.75, 3.05) is 38.1 Å². The Morgan fingerprint density at radius 2 is 1.85 bits per heavy atom. The number of nitrogens with one attached hydrogen (secondary N) is 2. The fraction of sp³-hybridized carbons (Fsp3) is 0.714. The maximum Gasteiger partial charge on any atom is 0.191 e. The van der Waals surface area contributed by atoms with Gasteiger partial charge in [-0.3, -0.25) is 9.89 Å². The normalized spacial score (nSPS) is 15.7. The number of piperidine rings is 1. The maximum absolute atomic E-state index is 4.56. The van der Waals surface area contributed by atoms with Gasteiger partial charge >= 0.3 is 0 Å². The van der Waals surface area contributed by atoms with Gasteiger partial charge in [-0.1, -0.05) is 0 Å². The van der Waals surface area contributed by atoms with Crippen molar-refractivity contribution in [2.24, 2.45) is 4.99 Å². The van der Waals surface area contributed by atoms with Gasteiger partial charge in [0.05, 0.1) is 0 Å². The Morgan fingerprint density at radius 3 is 2.48 bits per heavy atom. The molecule has 1 fully saturated rings. The molecule has 0 spiro atoms. The second kappa shape index (κ2) is 11.1. The molecule has 0 atom stereocenters. The fourth-order valence-electron chi connectivity index (χ4n) is 3.69. The van der Waals surface area contributed by atoms with Crippen LogP contribution in [0.15, 0.2) is 23.3 Å². The molecule has 0 radical (unpaired) electrons. The number of rotatable bonds is 8. The van der Waals surface area contributed by atoms with Crippen molar-refractivity contribution in [1.29, 1.82) is 0 Å². The zero-order valence-electron chi connectivity index (χ0n) is 17.8. The van der Waals surface area contributed by atoms with Crippen molar-refractivity contribution in [2.45, 2.75) is 65.6 Å². The number of hydrogen-bond acceptors (Lipinski definition) is 4. The standard InChI is InChI=1S/C21H38N6/c1-17(2)27(18(3)4)14-11-24-21(22-5)25-16-19-9-10-23-20(15-19)26-12-7-6-8-13-26/h9-10,15,17-18H,6-8,11-14,16H2,1-5H3,(H2,22,24,25). The first-order chi connectivity index (χ1) is 13.0. The number of aromatic nitrogens is 1. The zero-order chi connectivity index (χ0) is 19.6. The van der Waals surface area contributed by atoms with Crippen LogP contribution in [0.25, 0.3) is 0 Å². The van der Waals surface area contributed by atoms with Crippen LogP contribution in [0.2, 0.25) is 0 Å². The van der Waals surface area contributed by atoms with Gasteiger partial charge in [0.25, 0.3) is 0 Å². The third kappa shape index (κ3) is 7.01. The Kier molecular flexibility index (Phi) is 8.85. The summed E-state index contributed by atoms with van der Waals surface area (Å²) >= 11 is 0. The first-order valence-corrected chi connectivity index (χ1v) is 10.4. The summed E-state index contributed by atoms with van der Waals surface area (Å²) in [6, 6.07) is 5.37. The summed E-state index contributed by atoms with van der Waals surface area (Å²) in [7, 11) is 1.82. The number of hydrogen-bond donors (Lipinski definition) is 2. The summed E-state index contributed by atoms with van der Waals surface area (Å²) in [4.78, 5) is 13.8. The average molecular weight is 375 g/mol. The van der Waals surface area contributed by atoms with E-state index in [2.05, 4.69) is 70.2 Å². The molecule has 2 rings (SSSR count). The molecule has 0 aromatic carbocycles. The second-order valence-corrected chi connectivity index (χ2v) is 7.85. The van der Waals surface area contributed by atoms with Crippen LogP contribution < -0.4 is 15.5 Å². The van der Waals surface area contributed by atoms with E-state index in [0.717, 1.165) is 44.5 Å². The molecule has 152 valence electrons. The highest BCUT2D eigenvalue weighted by atomic mass is 15.2. The minimum absolute atomic E-state index is 0.548. The number of aliphatic imine (C=N–C) groups is 1. The highest BCUT2D eigenvalue weighted by Crippen LogP contribution is 2.18. The highest BCUT2D eigenvalue weighted by molar-refractivity contribution is 5.79. The van der Waals surface area contributed by atoms with E-state index in [1.54, 1.807) is 0 Å². The van der Waals surface area contributed by atoms with Gasteiger partial charge in [-0.05, 0) is 64.7 Å². The monoisotopic (exact) mass is 374 g/mol. The van der Waals surface area contributed by atoms with E-state index in [0.29, 0.717) is 12.1 Å². The molecule has 2 N–H and O–H groups in total. The van der Waals surface area contributed by atoms with Crippen molar-refractivity contribution in [3.8, 4) is 0 Å². The Bertz CT molecular complexity index is 570. The molecule has 1 aliphatic heterocycles. The Labute approximate surface area is 165 Å². The number of pyridine rings is 1. The first kappa shape index (κ1) is 21.5. The summed E-state index contributed by atoms with van der Waals surface area (Å²) in [5.74, 6) is 1.94. The molecular formula is C21H38N6. The summed E-state index contributed by atoms with van der Waals surface area (Å²) in [6.07, 6.45) is 5.79. The SMILES string of the molecule is CN=C(NCCN(C(C)C)C(C)C)NCc1ccnc(N2CCCCC2)c1. The van der Waals surface area contributed by atoms with E-state index in [4.69, 9.17) is 0 Å². The van der Waals surface area contributed by atoms with E-state index in [9.17, 15) is 0 Å². The average Bonchev–Trinajstić information content (AvgIpc) is 2.67. The molecule has 2 heterocycles. The molecule has 0 aliphatic carbocycles. The quantitative estimate of drug-likeness (QED) is 0.541. The molecule has 1 aliphatic rings. The van der Waals surface area contributed by atoms with Crippen LogP contribution in [0, 0.1) is 0 Å². The largest absolute Gasteiger partial charge is 0.357 e. The van der Waals surface area contributed by atoms with Crippen LogP contribution >= 0.6 is 0 Å². The van der Waals surface area contributed by atoms with Crippen LogP contribution in [-0.4, -0.2) is 61.2 Å². The number of nitrogens with zero attached hydrogens (tertiary/aromatic N) is 4. The lowest BCUT2D eigenvalue weighted by molar-refractivity contribution is 0.178. The van der Waals surface area contributed by atoms with Gasteiger partial charge < -0.3 is 15.5 Å². The molecular weight excluding hydrogens is 336 g/mol. The molecule has 1 saturated heterocycles. The lowest BCUT2D eigenvalue weighted by Crippen LogP contribution is -2.45. The molecule has 0 amide bonds. The third-order valence-corrected chi connectivity index (χ3v) is 5.16. The number of anilines is 1. The Hall–Kier alpha value is -1.82. The van der Waals surface area contributed by atoms with Crippen LogP contribution in [0.5, 0.6) is 0 Å². The predicted octanol–water partition coefficient (Wildman–Crippen LogP) is 2.86. The predicted molar refractivity (Wildman–Crippen MR) is 115 cm³/mol. The summed E-state index contributed by atoms with van der Waals surface area (Å²) in [6.45, 7) is 13.9. The van der Waals surface area contributed by atoms with Gasteiger partial charge in [0.15, 0.2) is 5.96 Å². The topological polar surface area (TPSA) is 55.8 Å². The van der Waals surface area contributed by atoms with Gasteiger partial charge in [-0.15, -0.1) is 0 Å². The summed E-state index contributed by atoms with van der Waals surface area (Å²) in [5, 5.41) is 6.85. The summed E-state index contributed by atoms with van der Waals surface area (Å²) < 4.78 is 0. The smallest absolute Gasteiger partial charge is 0.191 e. The van der Waals surface area contributed by atoms with E-state index in [1.807, 2.05) is 13.2 Å². The van der Waals surface area contributed by atoms with Crippen LogP contribution in [0.3, 0.4) is 0 Å². The van der Waals surface area contributed by atoms with Gasteiger partial charge in [0.2, 0.25) is 0 Å². The van der Waals surface area contributed by atoms with Crippen LogP contribution in [0.4, 0.5) is 5.82 Å². The van der Waals surface area contributed by atoms with Gasteiger partial charge in [0, 0.05) is 58.1 Å². The maximum atomic E-state index is 4.56. The van der Waals surface area contributed by atoms with Crippen LogP contribution in [0.1, 0.15) is 52.5 Å². The molecule has 6 heteroatoms. The van der Waals surface area contributed by atoms with Crippen molar-refractivity contribution < 1.29 is 0 Å². The van der Waals surface area contributed by atoms with Gasteiger partial charge in [-0.2, -0.15) is 0 Å². The molecule has 0 unspecified atom stereocenters. The molecule has 1 aromatic rings.